The van der Waals surface area contributed by atoms with E-state index in [-0.39, 0.29) is 25.1 Å². The molecule has 1 aromatic carbocycles. The monoisotopic (exact) mass is 421 g/mol. The standard InChI is InChI=1S/C20H25F2N5O3/c1-25-15-6-4-3-5-14(15)24-17(25)8-23-19(29)16-7-20(21,22)12-27(16)13-9-26(10-13)18(28)11-30-2/h3-6,13,16H,7-12H2,1-2H3,(H,23,29)/t16-/m0/s1. The molecule has 2 aromatic rings. The predicted octanol–water partition coefficient (Wildman–Crippen LogP) is 0.756. The number of carbonyl (C=O) groups excluding carboxylic acids is 2. The maximum Gasteiger partial charge on any atom is 0.262 e. The first kappa shape index (κ1) is 20.7. The second-order valence-corrected chi connectivity index (χ2v) is 7.93. The lowest BCUT2D eigenvalue weighted by Gasteiger charge is -2.45. The highest BCUT2D eigenvalue weighted by Gasteiger charge is 2.52. The summed E-state index contributed by atoms with van der Waals surface area (Å²) in [5, 5.41) is 2.77. The molecule has 4 rings (SSSR count). The minimum Gasteiger partial charge on any atom is -0.375 e. The zero-order valence-corrected chi connectivity index (χ0v) is 17.0. The molecular formula is C20H25F2N5O3. The molecule has 0 unspecified atom stereocenters. The fourth-order valence-electron chi connectivity index (χ4n) is 4.19. The van der Waals surface area contributed by atoms with Crippen LogP contribution in [0.3, 0.4) is 0 Å². The van der Waals surface area contributed by atoms with Crippen molar-refractivity contribution in [2.75, 3.05) is 33.4 Å². The number of likely N-dealkylation sites (tertiary alicyclic amines) is 2. The van der Waals surface area contributed by atoms with Gasteiger partial charge in [0.15, 0.2) is 0 Å². The van der Waals surface area contributed by atoms with Crippen LogP contribution in [0.1, 0.15) is 12.2 Å². The second-order valence-electron chi connectivity index (χ2n) is 7.93. The maximum atomic E-state index is 14.1. The topological polar surface area (TPSA) is 79.7 Å². The number of carbonyl (C=O) groups is 2. The number of aromatic nitrogens is 2. The van der Waals surface area contributed by atoms with Crippen LogP contribution in [0.2, 0.25) is 0 Å². The Hall–Kier alpha value is -2.59. The predicted molar refractivity (Wildman–Crippen MR) is 105 cm³/mol. The Balaban J connectivity index is 1.40. The molecule has 2 amide bonds. The van der Waals surface area contributed by atoms with Crippen molar-refractivity contribution in [2.24, 2.45) is 7.05 Å². The van der Waals surface area contributed by atoms with Crippen molar-refractivity contribution in [1.82, 2.24) is 24.7 Å². The Morgan fingerprint density at radius 3 is 2.73 bits per heavy atom. The van der Waals surface area contributed by atoms with Gasteiger partial charge in [-0.05, 0) is 12.1 Å². The summed E-state index contributed by atoms with van der Waals surface area (Å²) in [6.07, 6.45) is -0.524. The number of rotatable bonds is 6. The normalized spacial score (nSPS) is 21.7. The molecule has 1 aromatic heterocycles. The molecule has 0 aliphatic carbocycles. The Morgan fingerprint density at radius 1 is 1.30 bits per heavy atom. The molecule has 0 bridgehead atoms. The van der Waals surface area contributed by atoms with Crippen LogP contribution in [0.4, 0.5) is 8.78 Å². The molecule has 2 aliphatic rings. The van der Waals surface area contributed by atoms with Crippen molar-refractivity contribution in [1.29, 1.82) is 0 Å². The molecule has 1 atom stereocenters. The van der Waals surface area contributed by atoms with Crippen molar-refractivity contribution in [3.63, 3.8) is 0 Å². The summed E-state index contributed by atoms with van der Waals surface area (Å²) in [5.74, 6) is -2.90. The summed E-state index contributed by atoms with van der Waals surface area (Å²) in [4.78, 5) is 32.2. The number of alkyl halides is 2. The van der Waals surface area contributed by atoms with E-state index in [2.05, 4.69) is 10.3 Å². The fourth-order valence-corrected chi connectivity index (χ4v) is 4.19. The van der Waals surface area contributed by atoms with E-state index in [4.69, 9.17) is 4.74 Å². The van der Waals surface area contributed by atoms with Gasteiger partial charge in [0.05, 0.1) is 30.2 Å². The number of benzene rings is 1. The second kappa shape index (κ2) is 7.92. The van der Waals surface area contributed by atoms with Crippen LogP contribution in [0.25, 0.3) is 11.0 Å². The van der Waals surface area contributed by atoms with Gasteiger partial charge in [-0.3, -0.25) is 14.5 Å². The first-order chi connectivity index (χ1) is 14.3. The van der Waals surface area contributed by atoms with E-state index in [0.29, 0.717) is 18.9 Å². The van der Waals surface area contributed by atoms with Gasteiger partial charge in [-0.25, -0.2) is 13.8 Å². The van der Waals surface area contributed by atoms with Crippen molar-refractivity contribution < 1.29 is 23.1 Å². The lowest BCUT2D eigenvalue weighted by atomic mass is 10.1. The number of imidazole rings is 1. The number of ether oxygens (including phenoxy) is 1. The average Bonchev–Trinajstić information content (AvgIpc) is 3.15. The Kier molecular flexibility index (Phi) is 5.46. The van der Waals surface area contributed by atoms with E-state index in [0.717, 1.165) is 11.0 Å². The van der Waals surface area contributed by atoms with Gasteiger partial charge < -0.3 is 19.5 Å². The Bertz CT molecular complexity index is 957. The third-order valence-electron chi connectivity index (χ3n) is 5.86. The summed E-state index contributed by atoms with van der Waals surface area (Å²) >= 11 is 0. The molecule has 2 saturated heterocycles. The molecule has 10 heteroatoms. The molecule has 0 saturated carbocycles. The number of amides is 2. The summed E-state index contributed by atoms with van der Waals surface area (Å²) in [6.45, 7) is 0.293. The summed E-state index contributed by atoms with van der Waals surface area (Å²) < 4.78 is 35.0. The maximum absolute atomic E-state index is 14.1. The van der Waals surface area contributed by atoms with E-state index < -0.39 is 30.8 Å². The van der Waals surface area contributed by atoms with E-state index >= 15 is 0 Å². The van der Waals surface area contributed by atoms with Crippen molar-refractivity contribution in [3.05, 3.63) is 30.1 Å². The lowest BCUT2D eigenvalue weighted by molar-refractivity contribution is -0.144. The molecule has 0 radical (unpaired) electrons. The van der Waals surface area contributed by atoms with Crippen LogP contribution in [0.5, 0.6) is 0 Å². The zero-order chi connectivity index (χ0) is 21.5. The smallest absolute Gasteiger partial charge is 0.262 e. The fraction of sp³-hybridized carbons (Fsp3) is 0.550. The highest BCUT2D eigenvalue weighted by molar-refractivity contribution is 5.83. The highest BCUT2D eigenvalue weighted by Crippen LogP contribution is 2.35. The van der Waals surface area contributed by atoms with E-state index in [1.54, 1.807) is 4.90 Å². The van der Waals surface area contributed by atoms with Gasteiger partial charge in [0.25, 0.3) is 5.92 Å². The van der Waals surface area contributed by atoms with E-state index in [9.17, 15) is 18.4 Å². The van der Waals surface area contributed by atoms with Gasteiger partial charge in [-0.15, -0.1) is 0 Å². The highest BCUT2D eigenvalue weighted by atomic mass is 19.3. The van der Waals surface area contributed by atoms with Gasteiger partial charge in [-0.1, -0.05) is 12.1 Å². The summed E-state index contributed by atoms with van der Waals surface area (Å²) in [7, 11) is 3.29. The first-order valence-corrected chi connectivity index (χ1v) is 9.87. The van der Waals surface area contributed by atoms with Gasteiger partial charge in [0.2, 0.25) is 11.8 Å². The zero-order valence-electron chi connectivity index (χ0n) is 17.0. The molecule has 0 spiro atoms. The van der Waals surface area contributed by atoms with Crippen LogP contribution in [0, 0.1) is 0 Å². The van der Waals surface area contributed by atoms with Gasteiger partial charge in [0, 0.05) is 39.7 Å². The van der Waals surface area contributed by atoms with Crippen LogP contribution in [0.15, 0.2) is 24.3 Å². The molecule has 30 heavy (non-hydrogen) atoms. The number of para-hydroxylation sites is 2. The number of fused-ring (bicyclic) bond motifs is 1. The summed E-state index contributed by atoms with van der Waals surface area (Å²) in [5.41, 5.74) is 1.75. The van der Waals surface area contributed by atoms with Crippen LogP contribution in [-0.4, -0.2) is 82.5 Å². The van der Waals surface area contributed by atoms with Gasteiger partial charge in [0.1, 0.15) is 12.4 Å². The van der Waals surface area contributed by atoms with Crippen molar-refractivity contribution in [2.45, 2.75) is 31.0 Å². The largest absolute Gasteiger partial charge is 0.375 e. The quantitative estimate of drug-likeness (QED) is 0.745. The van der Waals surface area contributed by atoms with Gasteiger partial charge in [-0.2, -0.15) is 0 Å². The SMILES string of the molecule is COCC(=O)N1CC(N2CC(F)(F)C[C@H]2C(=O)NCc2nc3ccccc3n2C)C1. The number of hydrogen-bond acceptors (Lipinski definition) is 5. The molecule has 162 valence electrons. The third-order valence-corrected chi connectivity index (χ3v) is 5.86. The van der Waals surface area contributed by atoms with Crippen molar-refractivity contribution >= 4 is 22.8 Å². The number of aryl methyl sites for hydroxylation is 1. The number of hydrogen-bond donors (Lipinski definition) is 1. The molecular weight excluding hydrogens is 396 g/mol. The Labute approximate surface area is 172 Å². The van der Waals surface area contributed by atoms with Crippen LogP contribution in [-0.2, 0) is 27.9 Å². The van der Waals surface area contributed by atoms with E-state index in [1.807, 2.05) is 35.9 Å². The lowest BCUT2D eigenvalue weighted by Crippen LogP contribution is -2.64. The first-order valence-electron chi connectivity index (χ1n) is 9.87. The number of nitrogens with zero attached hydrogens (tertiary/aromatic N) is 4. The number of halogens is 2. The van der Waals surface area contributed by atoms with Crippen LogP contribution < -0.4 is 5.32 Å². The Morgan fingerprint density at radius 2 is 2.03 bits per heavy atom. The number of nitrogens with one attached hydrogen (secondary N) is 1. The number of methoxy groups -OCH3 is 1. The molecule has 8 nitrogen and oxygen atoms in total. The summed E-state index contributed by atoms with van der Waals surface area (Å²) in [6, 6.07) is 6.41. The molecule has 2 aliphatic heterocycles. The minimum atomic E-state index is -2.93. The third kappa shape index (κ3) is 3.89. The molecule has 3 heterocycles. The molecule has 2 fully saturated rings. The van der Waals surface area contributed by atoms with Crippen molar-refractivity contribution in [3.8, 4) is 0 Å². The van der Waals surface area contributed by atoms with Crippen LogP contribution >= 0.6 is 0 Å². The van der Waals surface area contributed by atoms with E-state index in [1.165, 1.54) is 12.0 Å². The minimum absolute atomic E-state index is 0.0369. The average molecular weight is 421 g/mol. The van der Waals surface area contributed by atoms with Gasteiger partial charge >= 0.3 is 0 Å². The molecule has 1 N–H and O–H groups in total.